The van der Waals surface area contributed by atoms with Crippen LogP contribution in [0.1, 0.15) is 41.5 Å². The maximum absolute atomic E-state index is 12.1. The van der Waals surface area contributed by atoms with E-state index in [0.29, 0.717) is 5.78 Å². The second-order valence-corrected chi connectivity index (χ2v) is 5.65. The lowest BCUT2D eigenvalue weighted by Gasteiger charge is -2.31. The van der Waals surface area contributed by atoms with Gasteiger partial charge in [0.1, 0.15) is 0 Å². The number of Topliss-reactive ketones (excluding diaryl/α,β-unsaturated/α-hetero) is 1. The average molecular weight is 242 g/mol. The van der Waals surface area contributed by atoms with E-state index in [1.54, 1.807) is 0 Å². The first-order valence-corrected chi connectivity index (χ1v) is 7.00. The Morgan fingerprint density at radius 3 is 2.47 bits per heavy atom. The fraction of sp³-hybridized carbons (Fsp3) is 0.929. The minimum Gasteiger partial charge on any atom is -0.308 e. The second-order valence-electron chi connectivity index (χ2n) is 5.65. The van der Waals surface area contributed by atoms with Gasteiger partial charge >= 0.3 is 0 Å². The van der Waals surface area contributed by atoms with E-state index in [1.807, 2.05) is 13.8 Å². The van der Waals surface area contributed by atoms with Crippen LogP contribution in [0.2, 0.25) is 0 Å². The first kappa shape index (κ1) is 14.7. The Morgan fingerprint density at radius 2 is 2.00 bits per heavy atom. The first-order chi connectivity index (χ1) is 8.04. The van der Waals surface area contributed by atoms with Gasteiger partial charge in [0, 0.05) is 7.34 Å². The molecule has 0 bridgehead atoms. The quantitative estimate of drug-likeness (QED) is 0.775. The molecule has 17 heavy (non-hydrogen) atoms. The van der Waals surface area contributed by atoms with Gasteiger partial charge in [-0.3, -0.25) is 4.79 Å². The van der Waals surface area contributed by atoms with Crippen molar-refractivity contribution in [2.24, 2.45) is 11.8 Å². The van der Waals surface area contributed by atoms with Gasteiger partial charge < -0.3 is 10.2 Å². The summed E-state index contributed by atoms with van der Waals surface area (Å²) in [5.74, 6) is 1.24. The van der Waals surface area contributed by atoms with Crippen molar-refractivity contribution in [3.8, 4) is 0 Å². The van der Waals surface area contributed by atoms with E-state index in [1.165, 1.54) is 25.9 Å². The Labute approximate surface area is 107 Å². The number of carbonyl (C=O) groups excluding carboxylic acids is 1. The van der Waals surface area contributed by atoms with Crippen LogP contribution in [0.3, 0.4) is 0 Å². The van der Waals surface area contributed by atoms with E-state index in [-0.39, 0.29) is 13.4 Å². The van der Waals surface area contributed by atoms with E-state index in [0.717, 1.165) is 18.9 Å². The minimum atomic E-state index is 0. The van der Waals surface area contributed by atoms with Gasteiger partial charge in [-0.15, -0.1) is 0 Å². The van der Waals surface area contributed by atoms with Gasteiger partial charge in [0.2, 0.25) is 0 Å². The Morgan fingerprint density at radius 1 is 1.41 bits per heavy atom. The molecule has 1 atom stereocenters. The molecular formula is C14H30N2O. The van der Waals surface area contributed by atoms with Crippen LogP contribution in [-0.2, 0) is 4.79 Å². The number of rotatable bonds is 6. The molecule has 1 rings (SSSR count). The fourth-order valence-corrected chi connectivity index (χ4v) is 2.58. The van der Waals surface area contributed by atoms with Crippen LogP contribution in [0, 0.1) is 11.8 Å². The molecule has 1 heterocycles. The molecule has 1 aliphatic rings. The molecule has 0 saturated carbocycles. The van der Waals surface area contributed by atoms with E-state index in [2.05, 4.69) is 24.2 Å². The molecule has 1 N–H and O–H groups in total. The summed E-state index contributed by atoms with van der Waals surface area (Å²) in [4.78, 5) is 14.5. The molecule has 3 nitrogen and oxygen atoms in total. The zero-order valence-corrected chi connectivity index (χ0v) is 11.8. The van der Waals surface area contributed by atoms with E-state index >= 15 is 0 Å². The summed E-state index contributed by atoms with van der Waals surface area (Å²) in [5, 5.41) is 3.36. The molecule has 0 aromatic carbocycles. The van der Waals surface area contributed by atoms with Crippen LogP contribution in [0.5, 0.6) is 0 Å². The third-order valence-corrected chi connectivity index (χ3v) is 3.77. The van der Waals surface area contributed by atoms with Crippen LogP contribution < -0.4 is 5.32 Å². The van der Waals surface area contributed by atoms with Crippen molar-refractivity contribution in [1.29, 1.82) is 0 Å². The summed E-state index contributed by atoms with van der Waals surface area (Å²) in [6.07, 6.45) is 3.51. The number of hydrogen-bond donors (Lipinski definition) is 1. The topological polar surface area (TPSA) is 32.3 Å². The SMILES string of the molecule is CCNC(CC1CCN(C)CC1)C(=O)C(C)C.[HH]. The maximum atomic E-state index is 12.1. The molecule has 0 spiro atoms. The Kier molecular flexibility index (Phi) is 6.14. The van der Waals surface area contributed by atoms with Crippen LogP contribution in [-0.4, -0.2) is 43.4 Å². The monoisotopic (exact) mass is 242 g/mol. The highest BCUT2D eigenvalue weighted by Crippen LogP contribution is 2.22. The normalized spacial score (nSPS) is 20.8. The van der Waals surface area contributed by atoms with Gasteiger partial charge in [-0.2, -0.15) is 0 Å². The van der Waals surface area contributed by atoms with Crippen molar-refractivity contribution in [3.05, 3.63) is 0 Å². The number of nitrogens with one attached hydrogen (secondary N) is 1. The number of hydrogen-bond acceptors (Lipinski definition) is 3. The lowest BCUT2D eigenvalue weighted by atomic mass is 9.87. The van der Waals surface area contributed by atoms with Gasteiger partial charge in [-0.1, -0.05) is 20.8 Å². The molecule has 0 aromatic rings. The van der Waals surface area contributed by atoms with Crippen molar-refractivity contribution in [3.63, 3.8) is 0 Å². The zero-order valence-electron chi connectivity index (χ0n) is 11.8. The molecule has 0 aromatic heterocycles. The number of ketones is 1. The summed E-state index contributed by atoms with van der Waals surface area (Å²) in [7, 11) is 2.18. The maximum Gasteiger partial charge on any atom is 0.152 e. The lowest BCUT2D eigenvalue weighted by molar-refractivity contribution is -0.124. The van der Waals surface area contributed by atoms with Crippen molar-refractivity contribution in [2.75, 3.05) is 26.7 Å². The molecular weight excluding hydrogens is 212 g/mol. The van der Waals surface area contributed by atoms with Gasteiger partial charge in [-0.25, -0.2) is 0 Å². The van der Waals surface area contributed by atoms with Crippen LogP contribution in [0.25, 0.3) is 0 Å². The third-order valence-electron chi connectivity index (χ3n) is 3.77. The van der Waals surface area contributed by atoms with Crippen molar-refractivity contribution in [2.45, 2.75) is 46.1 Å². The van der Waals surface area contributed by atoms with Gasteiger partial charge in [0.15, 0.2) is 5.78 Å². The van der Waals surface area contributed by atoms with Crippen molar-refractivity contribution in [1.82, 2.24) is 10.2 Å². The fourth-order valence-electron chi connectivity index (χ4n) is 2.58. The second kappa shape index (κ2) is 7.12. The highest BCUT2D eigenvalue weighted by molar-refractivity contribution is 5.85. The number of nitrogens with zero attached hydrogens (tertiary/aromatic N) is 1. The molecule has 1 unspecified atom stereocenters. The molecule has 0 amide bonds. The Balaban J connectivity index is 0.00000289. The van der Waals surface area contributed by atoms with Crippen LogP contribution >= 0.6 is 0 Å². The van der Waals surface area contributed by atoms with Gasteiger partial charge in [-0.05, 0) is 51.9 Å². The smallest absolute Gasteiger partial charge is 0.152 e. The van der Waals surface area contributed by atoms with Crippen molar-refractivity contribution >= 4 is 5.78 Å². The molecule has 3 heteroatoms. The summed E-state index contributed by atoms with van der Waals surface area (Å²) >= 11 is 0. The van der Waals surface area contributed by atoms with Crippen LogP contribution in [0.4, 0.5) is 0 Å². The molecule has 1 saturated heterocycles. The standard InChI is InChI=1S/C14H28N2O.H2/c1-5-15-13(14(17)11(2)3)10-12-6-8-16(4)9-7-12;/h11-13,15H,5-10H2,1-4H3;1H. The Bertz CT molecular complexity index is 238. The highest BCUT2D eigenvalue weighted by atomic mass is 16.1. The average Bonchev–Trinajstić information content (AvgIpc) is 2.30. The zero-order chi connectivity index (χ0) is 12.8. The first-order valence-electron chi connectivity index (χ1n) is 7.00. The van der Waals surface area contributed by atoms with E-state index in [4.69, 9.17) is 0 Å². The number of carbonyl (C=O) groups is 1. The number of piperidine rings is 1. The molecule has 1 fully saturated rings. The van der Waals surface area contributed by atoms with Crippen molar-refractivity contribution < 1.29 is 6.22 Å². The van der Waals surface area contributed by atoms with Crippen LogP contribution in [0.15, 0.2) is 0 Å². The molecule has 0 radical (unpaired) electrons. The number of likely N-dealkylation sites (N-methyl/N-ethyl adjacent to an activating group) is 1. The summed E-state index contributed by atoms with van der Waals surface area (Å²) in [5.41, 5.74) is 0. The predicted molar refractivity (Wildman–Crippen MR) is 74.3 cm³/mol. The third kappa shape index (κ3) is 4.76. The highest BCUT2D eigenvalue weighted by Gasteiger charge is 2.25. The minimum absolute atomic E-state index is 0. The van der Waals surface area contributed by atoms with E-state index < -0.39 is 0 Å². The molecule has 0 aliphatic carbocycles. The largest absolute Gasteiger partial charge is 0.308 e. The summed E-state index contributed by atoms with van der Waals surface area (Å²) < 4.78 is 0. The van der Waals surface area contributed by atoms with Gasteiger partial charge in [0.05, 0.1) is 6.04 Å². The summed E-state index contributed by atoms with van der Waals surface area (Å²) in [6.45, 7) is 9.33. The lowest BCUT2D eigenvalue weighted by Crippen LogP contribution is -2.42. The van der Waals surface area contributed by atoms with E-state index in [9.17, 15) is 4.79 Å². The number of likely N-dealkylation sites (tertiary alicyclic amines) is 1. The molecule has 1 aliphatic heterocycles. The predicted octanol–water partition coefficient (Wildman–Crippen LogP) is 2.17. The molecule has 102 valence electrons. The summed E-state index contributed by atoms with van der Waals surface area (Å²) in [6, 6.07) is 0.0772. The van der Waals surface area contributed by atoms with Gasteiger partial charge in [0.25, 0.3) is 0 Å². The Hall–Kier alpha value is -0.410.